The van der Waals surface area contributed by atoms with E-state index in [-0.39, 0.29) is 0 Å². The maximum atomic E-state index is 9.50. The summed E-state index contributed by atoms with van der Waals surface area (Å²) in [4.78, 5) is 19.0. The molecule has 0 saturated carbocycles. The first-order chi connectivity index (χ1) is 32.7. The number of hydrogen-bond acceptors (Lipinski definition) is 4. The molecule has 0 aliphatic rings. The molecule has 0 spiro atoms. The molecule has 0 fully saturated rings. The summed E-state index contributed by atoms with van der Waals surface area (Å²) in [7, 11) is -3.81. The van der Waals surface area contributed by atoms with E-state index >= 15 is 0 Å². The van der Waals surface area contributed by atoms with Crippen LogP contribution in [0.15, 0.2) is 194 Å². The van der Waals surface area contributed by atoms with Crippen molar-refractivity contribution in [2.24, 2.45) is 0 Å². The minimum absolute atomic E-state index is 0.470. The third-order valence-corrected chi connectivity index (χ3v) is 22.4. The Morgan fingerprint density at radius 2 is 0.500 bits per heavy atom. The minimum Gasteiger partial charge on any atom is -0.550 e. The largest absolute Gasteiger partial charge is 0.550 e. The summed E-state index contributed by atoms with van der Waals surface area (Å²) in [6, 6.07) is 72.4. The molecule has 0 aromatic heterocycles. The van der Waals surface area contributed by atoms with Gasteiger partial charge < -0.3 is 19.8 Å². The predicted molar refractivity (Wildman–Crippen MR) is 288 cm³/mol. The van der Waals surface area contributed by atoms with E-state index in [1.165, 1.54) is 87.5 Å². The first-order valence-electron chi connectivity index (χ1n) is 23.3. The molecule has 346 valence electrons. The van der Waals surface area contributed by atoms with Crippen LogP contribution in [0.25, 0.3) is 0 Å². The quantitative estimate of drug-likeness (QED) is 0.108. The van der Waals surface area contributed by atoms with Crippen LogP contribution < -0.4 is 42.0 Å². The van der Waals surface area contributed by atoms with Crippen LogP contribution in [-0.2, 0) is 21.9 Å². The standard InChI is InChI=1S/2C29H30P.C4H6O4/c2*1-22-17-19-26(20-18-22)21-30(27-14-8-5-11-23(27)2,28-15-9-6-12-24(28)3)29-16-10-7-13-25(29)4;5-3(6)1-2-4(7)8/h2*5-20H,21H2,1-4H3;1-2H2,(H,5,6)(H,7,8)/q2*+1;/p-2. The molecule has 0 heterocycles. The van der Waals surface area contributed by atoms with Crippen molar-refractivity contribution in [3.05, 3.63) is 250 Å². The molecule has 0 aliphatic heterocycles. The summed E-state index contributed by atoms with van der Waals surface area (Å²) in [5, 5.41) is 28.0. The maximum absolute atomic E-state index is 9.50. The molecule has 0 aliphatic carbocycles. The average molecular weight is 935 g/mol. The summed E-state index contributed by atoms with van der Waals surface area (Å²) in [6.45, 7) is 18.0. The second-order valence-corrected chi connectivity index (χ2v) is 24.6. The van der Waals surface area contributed by atoms with E-state index < -0.39 is 39.3 Å². The van der Waals surface area contributed by atoms with Gasteiger partial charge in [0, 0.05) is 11.9 Å². The van der Waals surface area contributed by atoms with Crippen molar-refractivity contribution in [1.29, 1.82) is 0 Å². The Kier molecular flexibility index (Phi) is 17.6. The molecule has 4 nitrogen and oxygen atoms in total. The highest BCUT2D eigenvalue weighted by Gasteiger charge is 2.49. The van der Waals surface area contributed by atoms with Gasteiger partial charge in [-0.1, -0.05) is 169 Å². The van der Waals surface area contributed by atoms with Gasteiger partial charge in [-0.3, -0.25) is 0 Å². The van der Waals surface area contributed by atoms with Crippen molar-refractivity contribution in [3.8, 4) is 0 Å². The highest BCUT2D eigenvalue weighted by molar-refractivity contribution is 7.95. The van der Waals surface area contributed by atoms with E-state index in [4.69, 9.17) is 0 Å². The van der Waals surface area contributed by atoms with Crippen molar-refractivity contribution in [2.75, 3.05) is 0 Å². The van der Waals surface area contributed by atoms with Gasteiger partial charge in [-0.05, 0) is 149 Å². The molecular weight excluding hydrogens is 871 g/mol. The van der Waals surface area contributed by atoms with E-state index in [2.05, 4.69) is 250 Å². The smallest absolute Gasteiger partial charge is 0.117 e. The van der Waals surface area contributed by atoms with Gasteiger partial charge in [0.15, 0.2) is 0 Å². The third kappa shape index (κ3) is 12.0. The molecule has 0 unspecified atom stereocenters. The van der Waals surface area contributed by atoms with Crippen LogP contribution in [0.3, 0.4) is 0 Å². The number of carbonyl (C=O) groups excluding carboxylic acids is 2. The normalized spacial score (nSPS) is 11.1. The van der Waals surface area contributed by atoms with Gasteiger partial charge in [0.2, 0.25) is 0 Å². The maximum Gasteiger partial charge on any atom is 0.117 e. The van der Waals surface area contributed by atoms with Crippen LogP contribution in [0.1, 0.15) is 68.5 Å². The van der Waals surface area contributed by atoms with E-state index in [1.807, 2.05) is 0 Å². The second kappa shape index (κ2) is 23.5. The SMILES string of the molecule is Cc1ccc(C[P+](c2ccccc2C)(c2ccccc2C)c2ccccc2C)cc1.Cc1ccc(C[P+](c2ccccc2C)(c2ccccc2C)c2ccccc2C)cc1.O=C([O-])CCC(=O)[O-]. The van der Waals surface area contributed by atoms with E-state index in [0.717, 1.165) is 12.3 Å². The van der Waals surface area contributed by atoms with E-state index in [9.17, 15) is 19.8 Å². The van der Waals surface area contributed by atoms with Crippen LogP contribution in [0.4, 0.5) is 0 Å². The fourth-order valence-electron chi connectivity index (χ4n) is 9.38. The lowest BCUT2D eigenvalue weighted by molar-refractivity contribution is -0.315. The van der Waals surface area contributed by atoms with Crippen molar-refractivity contribution in [1.82, 2.24) is 0 Å². The number of aliphatic carboxylic acids is 2. The summed E-state index contributed by atoms with van der Waals surface area (Å²) in [5.74, 6) is -2.73. The lowest BCUT2D eigenvalue weighted by Crippen LogP contribution is -2.36. The lowest BCUT2D eigenvalue weighted by atomic mass is 10.2. The Hall–Kier alpha value is -6.44. The third-order valence-electron chi connectivity index (χ3n) is 12.8. The number of hydrogen-bond donors (Lipinski definition) is 0. The molecule has 8 aromatic rings. The van der Waals surface area contributed by atoms with Crippen molar-refractivity contribution in [3.63, 3.8) is 0 Å². The van der Waals surface area contributed by atoms with Crippen molar-refractivity contribution < 1.29 is 19.8 Å². The van der Waals surface area contributed by atoms with Crippen molar-refractivity contribution >= 4 is 58.3 Å². The first-order valence-corrected chi connectivity index (χ1v) is 27.3. The number of carboxylic acid groups (broad SMARTS) is 2. The van der Waals surface area contributed by atoms with Crippen LogP contribution in [0, 0.1) is 55.4 Å². The Bertz CT molecular complexity index is 2530. The molecule has 68 heavy (non-hydrogen) atoms. The molecule has 0 saturated heterocycles. The number of carbonyl (C=O) groups is 2. The van der Waals surface area contributed by atoms with Gasteiger partial charge in [-0.2, -0.15) is 0 Å². The van der Waals surface area contributed by atoms with Crippen molar-refractivity contribution in [2.45, 2.75) is 80.6 Å². The minimum atomic E-state index is -1.90. The molecule has 0 radical (unpaired) electrons. The molecule has 6 heteroatoms. The molecule has 8 aromatic carbocycles. The fraction of sp³-hybridized carbons (Fsp3) is 0.194. The zero-order valence-corrected chi connectivity index (χ0v) is 42.6. The van der Waals surface area contributed by atoms with Gasteiger partial charge in [-0.15, -0.1) is 0 Å². The number of rotatable bonds is 13. The fourth-order valence-corrected chi connectivity index (χ4v) is 19.6. The molecule has 0 atom stereocenters. The Balaban J connectivity index is 0.000000193. The summed E-state index contributed by atoms with van der Waals surface area (Å²) in [6.07, 6.45) is 1.13. The van der Waals surface area contributed by atoms with E-state index in [1.54, 1.807) is 0 Å². The Morgan fingerprint density at radius 1 is 0.309 bits per heavy atom. The van der Waals surface area contributed by atoms with Gasteiger partial charge in [0.1, 0.15) is 46.4 Å². The Morgan fingerprint density at radius 3 is 0.676 bits per heavy atom. The van der Waals surface area contributed by atoms with Crippen LogP contribution in [0.5, 0.6) is 0 Å². The Labute approximate surface area is 406 Å². The molecule has 0 amide bonds. The summed E-state index contributed by atoms with van der Waals surface area (Å²) >= 11 is 0. The molecule has 8 rings (SSSR count). The number of benzene rings is 8. The topological polar surface area (TPSA) is 80.3 Å². The molecule has 0 bridgehead atoms. The van der Waals surface area contributed by atoms with E-state index in [0.29, 0.717) is 0 Å². The zero-order chi connectivity index (χ0) is 48.8. The lowest BCUT2D eigenvalue weighted by Gasteiger charge is -2.31. The number of aryl methyl sites for hydroxylation is 8. The highest BCUT2D eigenvalue weighted by atomic mass is 31.2. The van der Waals surface area contributed by atoms with Crippen LogP contribution in [0.2, 0.25) is 0 Å². The van der Waals surface area contributed by atoms with Gasteiger partial charge in [0.25, 0.3) is 0 Å². The average Bonchev–Trinajstić information content (AvgIpc) is 3.32. The monoisotopic (exact) mass is 934 g/mol. The van der Waals surface area contributed by atoms with Gasteiger partial charge in [0.05, 0.1) is 12.3 Å². The molecule has 0 N–H and O–H groups in total. The first kappa shape index (κ1) is 51.0. The predicted octanol–water partition coefficient (Wildman–Crippen LogP) is 10.1. The van der Waals surface area contributed by atoms with Crippen LogP contribution >= 0.6 is 14.5 Å². The summed E-state index contributed by atoms with van der Waals surface area (Å²) < 4.78 is 0. The van der Waals surface area contributed by atoms with Gasteiger partial charge >= 0.3 is 0 Å². The molecular formula is C62H64O4P2. The second-order valence-electron chi connectivity index (χ2n) is 17.9. The zero-order valence-electron chi connectivity index (χ0n) is 40.8. The summed E-state index contributed by atoms with van der Waals surface area (Å²) in [5.41, 5.74) is 13.7. The number of carboxylic acids is 2. The highest BCUT2D eigenvalue weighted by Crippen LogP contribution is 2.61. The van der Waals surface area contributed by atoms with Gasteiger partial charge in [-0.25, -0.2) is 0 Å². The van der Waals surface area contributed by atoms with Crippen LogP contribution in [-0.4, -0.2) is 11.9 Å².